The Labute approximate surface area is 128 Å². The number of nitrogens with zero attached hydrogens (tertiary/aromatic N) is 2. The molecule has 21 heavy (non-hydrogen) atoms. The van der Waals surface area contributed by atoms with E-state index in [-0.39, 0.29) is 5.78 Å². The standard InChI is InChI=1S/C15H19N3O2S/c1-11(16-2)8-14-17-15(20-18-14)10-21-9-13(19)12-6-4-3-5-7-12/h3-7,11,16H,8-10H2,1-2H3. The fraction of sp³-hybridized carbons (Fsp3) is 0.400. The third-order valence-electron chi connectivity index (χ3n) is 3.05. The molecular weight excluding hydrogens is 286 g/mol. The molecule has 0 radical (unpaired) electrons. The molecule has 1 atom stereocenters. The third-order valence-corrected chi connectivity index (χ3v) is 3.96. The Morgan fingerprint density at radius 2 is 2.14 bits per heavy atom. The van der Waals surface area contributed by atoms with Crippen molar-refractivity contribution >= 4 is 17.5 Å². The van der Waals surface area contributed by atoms with Gasteiger partial charge in [0.05, 0.1) is 11.5 Å². The number of benzene rings is 1. The van der Waals surface area contributed by atoms with Crippen molar-refractivity contribution in [1.82, 2.24) is 15.5 Å². The molecule has 0 saturated carbocycles. The second-order valence-electron chi connectivity index (χ2n) is 4.78. The van der Waals surface area contributed by atoms with E-state index in [0.717, 1.165) is 12.0 Å². The van der Waals surface area contributed by atoms with Gasteiger partial charge in [0.25, 0.3) is 0 Å². The number of nitrogens with one attached hydrogen (secondary N) is 1. The van der Waals surface area contributed by atoms with E-state index in [1.807, 2.05) is 37.4 Å². The first-order chi connectivity index (χ1) is 10.2. The zero-order chi connectivity index (χ0) is 15.1. The number of rotatable bonds is 8. The van der Waals surface area contributed by atoms with Gasteiger partial charge in [-0.2, -0.15) is 4.98 Å². The Hall–Kier alpha value is -1.66. The van der Waals surface area contributed by atoms with Crippen LogP contribution in [0.3, 0.4) is 0 Å². The van der Waals surface area contributed by atoms with Crippen LogP contribution < -0.4 is 5.32 Å². The molecule has 2 rings (SSSR count). The zero-order valence-electron chi connectivity index (χ0n) is 12.2. The second kappa shape index (κ2) is 7.95. The van der Waals surface area contributed by atoms with Crippen LogP contribution in [0.5, 0.6) is 0 Å². The van der Waals surface area contributed by atoms with Crippen molar-refractivity contribution < 1.29 is 9.32 Å². The fourth-order valence-corrected chi connectivity index (χ4v) is 2.49. The molecule has 1 aromatic heterocycles. The third kappa shape index (κ3) is 4.99. The highest BCUT2D eigenvalue weighted by Crippen LogP contribution is 2.13. The van der Waals surface area contributed by atoms with Gasteiger partial charge in [-0.05, 0) is 14.0 Å². The molecule has 2 aromatic rings. The monoisotopic (exact) mass is 305 g/mol. The van der Waals surface area contributed by atoms with Crippen molar-refractivity contribution in [3.05, 3.63) is 47.6 Å². The van der Waals surface area contributed by atoms with Gasteiger partial charge < -0.3 is 9.84 Å². The van der Waals surface area contributed by atoms with E-state index in [9.17, 15) is 4.79 Å². The lowest BCUT2D eigenvalue weighted by molar-refractivity contribution is 0.102. The van der Waals surface area contributed by atoms with E-state index in [0.29, 0.717) is 29.3 Å². The van der Waals surface area contributed by atoms with E-state index in [1.54, 1.807) is 0 Å². The minimum absolute atomic E-state index is 0.115. The van der Waals surface area contributed by atoms with Crippen LogP contribution >= 0.6 is 11.8 Å². The molecule has 112 valence electrons. The molecule has 6 heteroatoms. The van der Waals surface area contributed by atoms with Gasteiger partial charge in [0.2, 0.25) is 5.89 Å². The summed E-state index contributed by atoms with van der Waals surface area (Å²) in [6.45, 7) is 2.06. The van der Waals surface area contributed by atoms with Gasteiger partial charge in [-0.1, -0.05) is 35.5 Å². The largest absolute Gasteiger partial charge is 0.338 e. The minimum atomic E-state index is 0.115. The predicted octanol–water partition coefficient (Wildman–Crippen LogP) is 2.34. The van der Waals surface area contributed by atoms with E-state index in [4.69, 9.17) is 4.52 Å². The number of ketones is 1. The number of hydrogen-bond donors (Lipinski definition) is 1. The van der Waals surface area contributed by atoms with E-state index >= 15 is 0 Å². The molecule has 1 heterocycles. The molecule has 0 amide bonds. The van der Waals surface area contributed by atoms with Crippen LogP contribution in [-0.2, 0) is 12.2 Å². The SMILES string of the molecule is CNC(C)Cc1noc(CSCC(=O)c2ccccc2)n1. The molecule has 0 aliphatic heterocycles. The Balaban J connectivity index is 1.77. The summed E-state index contributed by atoms with van der Waals surface area (Å²) in [6.07, 6.45) is 0.730. The van der Waals surface area contributed by atoms with Gasteiger partial charge >= 0.3 is 0 Å². The smallest absolute Gasteiger partial charge is 0.236 e. The second-order valence-corrected chi connectivity index (χ2v) is 5.77. The van der Waals surface area contributed by atoms with Crippen molar-refractivity contribution in [3.63, 3.8) is 0 Å². The van der Waals surface area contributed by atoms with Gasteiger partial charge in [-0.25, -0.2) is 0 Å². The summed E-state index contributed by atoms with van der Waals surface area (Å²) >= 11 is 1.49. The Bertz CT molecular complexity index is 571. The summed E-state index contributed by atoms with van der Waals surface area (Å²) in [5.74, 6) is 2.35. The lowest BCUT2D eigenvalue weighted by Gasteiger charge is -2.04. The molecule has 0 bridgehead atoms. The summed E-state index contributed by atoms with van der Waals surface area (Å²) in [5, 5.41) is 7.06. The summed E-state index contributed by atoms with van der Waals surface area (Å²) in [4.78, 5) is 16.2. The van der Waals surface area contributed by atoms with Gasteiger partial charge in [-0.3, -0.25) is 4.79 Å². The molecule has 0 fully saturated rings. The maximum atomic E-state index is 11.9. The first-order valence-corrected chi connectivity index (χ1v) is 7.99. The Morgan fingerprint density at radius 1 is 1.38 bits per heavy atom. The minimum Gasteiger partial charge on any atom is -0.338 e. The fourth-order valence-electron chi connectivity index (χ4n) is 1.75. The van der Waals surface area contributed by atoms with E-state index in [2.05, 4.69) is 22.4 Å². The van der Waals surface area contributed by atoms with Gasteiger partial charge in [0.1, 0.15) is 0 Å². The molecule has 0 spiro atoms. The highest BCUT2D eigenvalue weighted by atomic mass is 32.2. The van der Waals surface area contributed by atoms with Crippen LogP contribution in [0.2, 0.25) is 0 Å². The summed E-state index contributed by atoms with van der Waals surface area (Å²) < 4.78 is 5.18. The highest BCUT2D eigenvalue weighted by molar-refractivity contribution is 7.99. The van der Waals surface area contributed by atoms with Crippen molar-refractivity contribution in [3.8, 4) is 0 Å². The molecule has 1 aromatic carbocycles. The Kier molecular flexibility index (Phi) is 5.95. The van der Waals surface area contributed by atoms with Crippen molar-refractivity contribution in [2.24, 2.45) is 0 Å². The number of aromatic nitrogens is 2. The lowest BCUT2D eigenvalue weighted by atomic mass is 10.2. The molecule has 1 N–H and O–H groups in total. The first kappa shape index (κ1) is 15.7. The maximum Gasteiger partial charge on any atom is 0.236 e. The summed E-state index contributed by atoms with van der Waals surface area (Å²) in [5.41, 5.74) is 0.735. The number of thioether (sulfide) groups is 1. The van der Waals surface area contributed by atoms with Crippen molar-refractivity contribution in [2.75, 3.05) is 12.8 Å². The number of Topliss-reactive ketones (excluding diaryl/α,β-unsaturated/α-hetero) is 1. The Morgan fingerprint density at radius 3 is 2.86 bits per heavy atom. The average Bonchev–Trinajstić information content (AvgIpc) is 2.95. The van der Waals surface area contributed by atoms with Crippen molar-refractivity contribution in [2.45, 2.75) is 25.1 Å². The summed E-state index contributed by atoms with van der Waals surface area (Å²) in [7, 11) is 1.90. The van der Waals surface area contributed by atoms with E-state index < -0.39 is 0 Å². The average molecular weight is 305 g/mol. The highest BCUT2D eigenvalue weighted by Gasteiger charge is 2.11. The molecule has 0 aliphatic rings. The predicted molar refractivity (Wildman–Crippen MR) is 83.5 cm³/mol. The van der Waals surface area contributed by atoms with Gasteiger partial charge in [-0.15, -0.1) is 11.8 Å². The first-order valence-electron chi connectivity index (χ1n) is 6.83. The normalized spacial score (nSPS) is 12.3. The number of carbonyl (C=O) groups is 1. The van der Waals surface area contributed by atoms with Crippen LogP contribution in [0.25, 0.3) is 0 Å². The van der Waals surface area contributed by atoms with E-state index in [1.165, 1.54) is 11.8 Å². The lowest BCUT2D eigenvalue weighted by Crippen LogP contribution is -2.24. The maximum absolute atomic E-state index is 11.9. The van der Waals surface area contributed by atoms with Gasteiger partial charge in [0.15, 0.2) is 11.6 Å². The summed E-state index contributed by atoms with van der Waals surface area (Å²) in [6, 6.07) is 9.59. The molecule has 1 unspecified atom stereocenters. The van der Waals surface area contributed by atoms with Crippen LogP contribution in [0.1, 0.15) is 29.0 Å². The van der Waals surface area contributed by atoms with Crippen LogP contribution in [0.15, 0.2) is 34.9 Å². The van der Waals surface area contributed by atoms with Gasteiger partial charge in [0, 0.05) is 18.0 Å². The molecule has 0 saturated heterocycles. The van der Waals surface area contributed by atoms with Crippen LogP contribution in [0, 0.1) is 0 Å². The zero-order valence-corrected chi connectivity index (χ0v) is 13.0. The quantitative estimate of drug-likeness (QED) is 0.755. The van der Waals surface area contributed by atoms with Crippen molar-refractivity contribution in [1.29, 1.82) is 0 Å². The molecule has 5 nitrogen and oxygen atoms in total. The molecular formula is C15H19N3O2S. The van der Waals surface area contributed by atoms with Crippen LogP contribution in [-0.4, -0.2) is 34.8 Å². The number of likely N-dealkylation sites (N-methyl/N-ethyl adjacent to an activating group) is 1. The topological polar surface area (TPSA) is 68.0 Å². The van der Waals surface area contributed by atoms with Crippen LogP contribution in [0.4, 0.5) is 0 Å². The number of hydrogen-bond acceptors (Lipinski definition) is 6. The molecule has 0 aliphatic carbocycles. The number of carbonyl (C=O) groups excluding carboxylic acids is 1.